The molecule has 0 atom stereocenters. The van der Waals surface area contributed by atoms with Crippen molar-refractivity contribution >= 4 is 39.7 Å². The highest BCUT2D eigenvalue weighted by molar-refractivity contribution is 8.00. The predicted octanol–water partition coefficient (Wildman–Crippen LogP) is 8.82. The zero-order valence-electron chi connectivity index (χ0n) is 26.8. The van der Waals surface area contributed by atoms with Crippen LogP contribution in [0.2, 0.25) is 0 Å². The minimum atomic E-state index is -0.982. The van der Waals surface area contributed by atoms with Crippen LogP contribution in [0.4, 0.5) is 0 Å². The highest BCUT2D eigenvalue weighted by Crippen LogP contribution is 2.43. The second-order valence-electron chi connectivity index (χ2n) is 13.2. The van der Waals surface area contributed by atoms with Crippen LogP contribution in [0, 0.1) is 5.41 Å². The number of carboxylic acid groups (broad SMARTS) is 1. The van der Waals surface area contributed by atoms with Crippen LogP contribution in [0.15, 0.2) is 102 Å². The molecule has 2 aromatic carbocycles. The van der Waals surface area contributed by atoms with E-state index in [1.165, 1.54) is 0 Å². The van der Waals surface area contributed by atoms with E-state index in [2.05, 4.69) is 60.7 Å². The molecule has 234 valence electrons. The number of carbonyl (C=O) groups is 1. The number of aliphatic carboxylic acids is 1. The third kappa shape index (κ3) is 6.92. The Labute approximate surface area is 273 Å². The Morgan fingerprint density at radius 1 is 0.913 bits per heavy atom. The lowest BCUT2D eigenvalue weighted by Gasteiger charge is -2.24. The molecule has 4 aromatic heterocycles. The quantitative estimate of drug-likeness (QED) is 0.151. The molecule has 0 spiro atoms. The topological polar surface area (TPSA) is 90.1 Å². The first-order valence-electron chi connectivity index (χ1n) is 15.4. The van der Waals surface area contributed by atoms with Crippen LogP contribution < -0.4 is 4.74 Å². The maximum atomic E-state index is 12.4. The minimum Gasteiger partial charge on any atom is -0.486 e. The Bertz CT molecular complexity index is 2010. The second-order valence-corrected chi connectivity index (χ2v) is 15.0. The molecule has 0 unspecified atom stereocenters. The molecular weight excluding hydrogens is 593 g/mol. The molecule has 0 amide bonds. The fraction of sp³-hybridized carbons (Fsp3) is 0.263. The van der Waals surface area contributed by atoms with Crippen molar-refractivity contribution in [3.8, 4) is 16.9 Å². The summed E-state index contributed by atoms with van der Waals surface area (Å²) in [6.45, 7) is 10.9. The molecule has 6 rings (SSSR count). The van der Waals surface area contributed by atoms with Crippen LogP contribution in [0.5, 0.6) is 5.75 Å². The Morgan fingerprint density at radius 2 is 1.70 bits per heavy atom. The van der Waals surface area contributed by atoms with Gasteiger partial charge in [0.25, 0.3) is 0 Å². The number of thioether (sulfide) groups is 1. The largest absolute Gasteiger partial charge is 0.486 e. The van der Waals surface area contributed by atoms with E-state index in [0.29, 0.717) is 25.3 Å². The van der Waals surface area contributed by atoms with Crippen LogP contribution in [0.3, 0.4) is 0 Å². The first-order chi connectivity index (χ1) is 22.0. The Morgan fingerprint density at radius 3 is 2.41 bits per heavy atom. The molecule has 0 saturated carbocycles. The van der Waals surface area contributed by atoms with Crippen molar-refractivity contribution in [2.45, 2.75) is 63.8 Å². The molecule has 6 aromatic rings. The maximum Gasteiger partial charge on any atom is 0.309 e. The Kier molecular flexibility index (Phi) is 8.57. The van der Waals surface area contributed by atoms with Gasteiger partial charge in [0.2, 0.25) is 0 Å². The van der Waals surface area contributed by atoms with Crippen molar-refractivity contribution < 1.29 is 14.6 Å². The molecule has 0 saturated heterocycles. The van der Waals surface area contributed by atoms with Crippen molar-refractivity contribution in [2.24, 2.45) is 5.41 Å². The summed E-state index contributed by atoms with van der Waals surface area (Å²) in [7, 11) is 0. The first-order valence-corrected chi connectivity index (χ1v) is 16.2. The number of hydrogen-bond acceptors (Lipinski definition) is 6. The fourth-order valence-electron chi connectivity index (χ4n) is 5.43. The molecule has 0 aliphatic heterocycles. The number of aromatic nitrogens is 4. The van der Waals surface area contributed by atoms with Crippen molar-refractivity contribution in [2.75, 3.05) is 0 Å². The molecule has 7 nitrogen and oxygen atoms in total. The van der Waals surface area contributed by atoms with Gasteiger partial charge >= 0.3 is 5.97 Å². The molecule has 0 aliphatic rings. The summed E-state index contributed by atoms with van der Waals surface area (Å²) in [5.41, 5.74) is 5.78. The van der Waals surface area contributed by atoms with Crippen molar-refractivity contribution in [1.82, 2.24) is 19.5 Å². The lowest BCUT2D eigenvalue weighted by molar-refractivity contribution is -0.146. The monoisotopic (exact) mass is 630 g/mol. The third-order valence-corrected chi connectivity index (χ3v) is 9.13. The van der Waals surface area contributed by atoms with Crippen molar-refractivity contribution in [3.63, 3.8) is 0 Å². The summed E-state index contributed by atoms with van der Waals surface area (Å²) in [4.78, 5) is 27.3. The highest BCUT2D eigenvalue weighted by Gasteiger charge is 2.33. The van der Waals surface area contributed by atoms with E-state index in [9.17, 15) is 9.90 Å². The molecule has 0 aliphatic carbocycles. The van der Waals surface area contributed by atoms with E-state index < -0.39 is 11.4 Å². The molecule has 46 heavy (non-hydrogen) atoms. The molecule has 4 heterocycles. The van der Waals surface area contributed by atoms with Crippen LogP contribution in [-0.4, -0.2) is 35.3 Å². The van der Waals surface area contributed by atoms with Crippen LogP contribution >= 0.6 is 11.8 Å². The van der Waals surface area contributed by atoms with E-state index >= 15 is 0 Å². The van der Waals surface area contributed by atoms with Gasteiger partial charge < -0.3 is 14.4 Å². The maximum absolute atomic E-state index is 12.4. The summed E-state index contributed by atoms with van der Waals surface area (Å²) in [5.74, 6) is -0.197. The van der Waals surface area contributed by atoms with Crippen LogP contribution in [-0.2, 0) is 24.4 Å². The smallest absolute Gasteiger partial charge is 0.309 e. The summed E-state index contributed by atoms with van der Waals surface area (Å²) in [5, 5.41) is 12.2. The normalized spacial score (nSPS) is 12.1. The summed E-state index contributed by atoms with van der Waals surface area (Å²) in [6.07, 6.45) is 5.73. The van der Waals surface area contributed by atoms with Gasteiger partial charge in [-0.1, -0.05) is 75.4 Å². The Hall–Kier alpha value is -4.69. The average molecular weight is 631 g/mol. The van der Waals surface area contributed by atoms with Crippen LogP contribution in [0.25, 0.3) is 33.1 Å². The van der Waals surface area contributed by atoms with Gasteiger partial charge in [0, 0.05) is 51.5 Å². The number of rotatable bonds is 10. The van der Waals surface area contributed by atoms with Gasteiger partial charge in [-0.15, -0.1) is 11.8 Å². The van der Waals surface area contributed by atoms with Gasteiger partial charge in [-0.2, -0.15) is 0 Å². The number of para-hydroxylation sites is 1. The van der Waals surface area contributed by atoms with Gasteiger partial charge in [-0.3, -0.25) is 9.78 Å². The number of benzene rings is 2. The van der Waals surface area contributed by atoms with E-state index in [0.717, 1.165) is 54.9 Å². The number of carboxylic acids is 1. The second kappa shape index (κ2) is 12.6. The van der Waals surface area contributed by atoms with Gasteiger partial charge in [-0.25, -0.2) is 9.97 Å². The molecule has 0 fully saturated rings. The number of ether oxygens (including phenoxy) is 1. The summed E-state index contributed by atoms with van der Waals surface area (Å²) < 4.78 is 8.31. The Balaban J connectivity index is 1.40. The SMILES string of the molecule is CC(C)(C)Sc1c(CC(C)(C)C(=O)O)n(Cc2ccc(-c3cccnc3)cc2)c2ncc(OCc3ccc4ccccc4n3)cc12. The van der Waals surface area contributed by atoms with E-state index in [4.69, 9.17) is 14.7 Å². The minimum absolute atomic E-state index is 0.127. The number of hydrogen-bond donors (Lipinski definition) is 1. The molecular formula is C38H38N4O3S. The molecule has 0 bridgehead atoms. The van der Waals surface area contributed by atoms with E-state index in [1.54, 1.807) is 38.0 Å². The lowest BCUT2D eigenvalue weighted by atomic mass is 9.88. The zero-order valence-corrected chi connectivity index (χ0v) is 27.6. The lowest BCUT2D eigenvalue weighted by Crippen LogP contribution is -2.28. The third-order valence-electron chi connectivity index (χ3n) is 7.86. The van der Waals surface area contributed by atoms with Crippen molar-refractivity contribution in [3.05, 3.63) is 114 Å². The first kappa shape index (κ1) is 31.3. The zero-order chi connectivity index (χ0) is 32.5. The standard InChI is InChI=1S/C38H38N4O3S/c1-37(2,3)46-34-31-19-30(45-24-29-17-16-27-9-6-7-11-32(27)41-29)22-40-35(31)42(33(34)20-38(4,5)36(43)44)23-25-12-14-26(15-13-25)28-10-8-18-39-21-28/h6-19,21-22H,20,23-24H2,1-5H3,(H,43,44). The average Bonchev–Trinajstić information content (AvgIpc) is 3.29. The fourth-order valence-corrected chi connectivity index (χ4v) is 6.60. The molecule has 8 heteroatoms. The van der Waals surface area contributed by atoms with Gasteiger partial charge in [0.05, 0.1) is 22.8 Å². The number of fused-ring (bicyclic) bond motifs is 2. The summed E-state index contributed by atoms with van der Waals surface area (Å²) >= 11 is 1.74. The predicted molar refractivity (Wildman–Crippen MR) is 185 cm³/mol. The molecule has 0 radical (unpaired) electrons. The highest BCUT2D eigenvalue weighted by atomic mass is 32.2. The summed E-state index contributed by atoms with van der Waals surface area (Å²) in [6, 6.07) is 26.5. The van der Waals surface area contributed by atoms with Gasteiger partial charge in [0.1, 0.15) is 18.0 Å². The van der Waals surface area contributed by atoms with Gasteiger partial charge in [0.15, 0.2) is 0 Å². The van der Waals surface area contributed by atoms with E-state index in [1.807, 2.05) is 54.7 Å². The number of nitrogens with zero attached hydrogens (tertiary/aromatic N) is 4. The number of pyridine rings is 3. The van der Waals surface area contributed by atoms with Crippen molar-refractivity contribution in [1.29, 1.82) is 0 Å². The van der Waals surface area contributed by atoms with Gasteiger partial charge in [-0.05, 0) is 54.8 Å². The van der Waals surface area contributed by atoms with Crippen LogP contribution in [0.1, 0.15) is 51.6 Å². The van der Waals surface area contributed by atoms with E-state index in [-0.39, 0.29) is 4.75 Å². The molecule has 1 N–H and O–H groups in total.